The molecule has 2 aliphatic rings. The number of para-hydroxylation sites is 1. The van der Waals surface area contributed by atoms with Gasteiger partial charge in [0.25, 0.3) is 5.91 Å². The predicted octanol–water partition coefficient (Wildman–Crippen LogP) is 2.76. The van der Waals surface area contributed by atoms with Gasteiger partial charge in [0, 0.05) is 26.2 Å². The van der Waals surface area contributed by atoms with Crippen LogP contribution in [-0.2, 0) is 9.53 Å². The zero-order valence-electron chi connectivity index (χ0n) is 16.1. The van der Waals surface area contributed by atoms with Gasteiger partial charge in [-0.2, -0.15) is 0 Å². The third-order valence-corrected chi connectivity index (χ3v) is 5.27. The first-order chi connectivity index (χ1) is 14.5. The molecule has 2 aromatic rings. The number of esters is 1. The maximum atomic E-state index is 13.9. The van der Waals surface area contributed by atoms with E-state index in [4.69, 9.17) is 25.8 Å². The number of amides is 1. The van der Waals surface area contributed by atoms with Gasteiger partial charge in [-0.25, -0.2) is 9.18 Å². The fourth-order valence-electron chi connectivity index (χ4n) is 3.44. The number of ether oxygens (including phenoxy) is 3. The molecule has 1 fully saturated rings. The van der Waals surface area contributed by atoms with Crippen LogP contribution in [0.2, 0.25) is 5.02 Å². The van der Waals surface area contributed by atoms with Gasteiger partial charge in [-0.05, 0) is 24.3 Å². The third kappa shape index (κ3) is 4.28. The average molecular weight is 435 g/mol. The van der Waals surface area contributed by atoms with Crippen molar-refractivity contribution in [2.45, 2.75) is 0 Å². The molecule has 0 atom stereocenters. The van der Waals surface area contributed by atoms with E-state index in [2.05, 4.69) is 0 Å². The SMILES string of the molecule is O=C(OCC(=O)N1CCN(c2ccccc2F)CC1)c1cc(Cl)c2c(c1)OCCO2. The zero-order chi connectivity index (χ0) is 21.1. The Bertz CT molecular complexity index is 962. The number of benzene rings is 2. The second kappa shape index (κ2) is 8.79. The number of carbonyl (C=O) groups excluding carboxylic acids is 2. The van der Waals surface area contributed by atoms with Gasteiger partial charge < -0.3 is 24.0 Å². The molecule has 0 aliphatic carbocycles. The minimum absolute atomic E-state index is 0.182. The van der Waals surface area contributed by atoms with Gasteiger partial charge in [0.1, 0.15) is 19.0 Å². The third-order valence-electron chi connectivity index (χ3n) is 4.98. The zero-order valence-corrected chi connectivity index (χ0v) is 16.9. The second-order valence-corrected chi connectivity index (χ2v) is 7.28. The first-order valence-electron chi connectivity index (χ1n) is 9.56. The molecule has 0 unspecified atom stereocenters. The highest BCUT2D eigenvalue weighted by atomic mass is 35.5. The van der Waals surface area contributed by atoms with Crippen molar-refractivity contribution in [3.8, 4) is 11.5 Å². The molecule has 30 heavy (non-hydrogen) atoms. The summed E-state index contributed by atoms with van der Waals surface area (Å²) in [4.78, 5) is 28.3. The summed E-state index contributed by atoms with van der Waals surface area (Å²) < 4.78 is 30.0. The molecule has 2 aliphatic heterocycles. The largest absolute Gasteiger partial charge is 0.486 e. The van der Waals surface area contributed by atoms with Crippen LogP contribution in [0, 0.1) is 5.82 Å². The maximum absolute atomic E-state index is 13.9. The number of anilines is 1. The van der Waals surface area contributed by atoms with Gasteiger partial charge in [0.2, 0.25) is 0 Å². The molecule has 0 bridgehead atoms. The number of nitrogens with zero attached hydrogens (tertiary/aromatic N) is 2. The highest BCUT2D eigenvalue weighted by Crippen LogP contribution is 2.38. The van der Waals surface area contributed by atoms with Crippen molar-refractivity contribution in [3.05, 3.63) is 52.8 Å². The van der Waals surface area contributed by atoms with Crippen LogP contribution in [0.3, 0.4) is 0 Å². The summed E-state index contributed by atoms with van der Waals surface area (Å²) in [6, 6.07) is 9.46. The van der Waals surface area contributed by atoms with Crippen molar-refractivity contribution in [2.75, 3.05) is 50.9 Å². The highest BCUT2D eigenvalue weighted by Gasteiger charge is 2.25. The Morgan fingerprint density at radius 2 is 1.80 bits per heavy atom. The Morgan fingerprint density at radius 3 is 2.57 bits per heavy atom. The topological polar surface area (TPSA) is 68.3 Å². The Balaban J connectivity index is 1.30. The summed E-state index contributed by atoms with van der Waals surface area (Å²) in [6.45, 7) is 2.19. The summed E-state index contributed by atoms with van der Waals surface area (Å²) in [5, 5.41) is 0.245. The van der Waals surface area contributed by atoms with E-state index in [0.29, 0.717) is 56.6 Å². The first-order valence-corrected chi connectivity index (χ1v) is 9.94. The van der Waals surface area contributed by atoms with Crippen LogP contribution in [0.5, 0.6) is 11.5 Å². The van der Waals surface area contributed by atoms with Crippen molar-refractivity contribution in [2.24, 2.45) is 0 Å². The molecular weight excluding hydrogens is 415 g/mol. The number of fused-ring (bicyclic) bond motifs is 1. The van der Waals surface area contributed by atoms with Gasteiger partial charge in [-0.15, -0.1) is 0 Å². The molecule has 0 radical (unpaired) electrons. The maximum Gasteiger partial charge on any atom is 0.338 e. The van der Waals surface area contributed by atoms with Crippen LogP contribution in [0.25, 0.3) is 0 Å². The Morgan fingerprint density at radius 1 is 1.07 bits per heavy atom. The monoisotopic (exact) mass is 434 g/mol. The molecule has 9 heteroatoms. The van der Waals surface area contributed by atoms with E-state index in [0.717, 1.165) is 0 Å². The molecule has 0 aromatic heterocycles. The number of carbonyl (C=O) groups is 2. The average Bonchev–Trinajstić information content (AvgIpc) is 2.77. The number of rotatable bonds is 4. The smallest absolute Gasteiger partial charge is 0.338 e. The molecule has 1 saturated heterocycles. The minimum Gasteiger partial charge on any atom is -0.486 e. The van der Waals surface area contributed by atoms with Crippen LogP contribution in [0.15, 0.2) is 36.4 Å². The lowest BCUT2D eigenvalue weighted by Crippen LogP contribution is -2.50. The molecule has 7 nitrogen and oxygen atoms in total. The number of hydrogen-bond donors (Lipinski definition) is 0. The van der Waals surface area contributed by atoms with Crippen LogP contribution in [0.1, 0.15) is 10.4 Å². The Labute approximate surface area is 177 Å². The molecular formula is C21H20ClFN2O5. The summed E-state index contributed by atoms with van der Waals surface area (Å²) >= 11 is 6.13. The summed E-state index contributed by atoms with van der Waals surface area (Å²) in [7, 11) is 0. The summed E-state index contributed by atoms with van der Waals surface area (Å²) in [5.74, 6) is -0.503. The van der Waals surface area contributed by atoms with E-state index in [1.54, 1.807) is 23.1 Å². The number of halogens is 2. The normalized spacial score (nSPS) is 15.7. The van der Waals surface area contributed by atoms with Gasteiger partial charge in [0.05, 0.1) is 16.3 Å². The molecule has 2 aromatic carbocycles. The Kier molecular flexibility index (Phi) is 5.94. The molecule has 0 spiro atoms. The molecule has 4 rings (SSSR count). The standard InChI is InChI=1S/C21H20ClFN2O5/c22-15-11-14(12-18-20(15)29-10-9-28-18)21(27)30-13-19(26)25-7-5-24(6-8-25)17-4-2-1-3-16(17)23/h1-4,11-12H,5-10,13H2. The van der Waals surface area contributed by atoms with E-state index in [1.807, 2.05) is 4.90 Å². The quantitative estimate of drug-likeness (QED) is 0.689. The summed E-state index contributed by atoms with van der Waals surface area (Å²) in [5.41, 5.74) is 0.702. The van der Waals surface area contributed by atoms with Gasteiger partial charge in [-0.1, -0.05) is 23.7 Å². The van der Waals surface area contributed by atoms with Crippen molar-refractivity contribution < 1.29 is 28.2 Å². The van der Waals surface area contributed by atoms with Crippen LogP contribution >= 0.6 is 11.6 Å². The van der Waals surface area contributed by atoms with Gasteiger partial charge in [0.15, 0.2) is 18.1 Å². The van der Waals surface area contributed by atoms with Crippen LogP contribution < -0.4 is 14.4 Å². The van der Waals surface area contributed by atoms with Crippen molar-refractivity contribution in [1.29, 1.82) is 0 Å². The van der Waals surface area contributed by atoms with Crippen molar-refractivity contribution in [3.63, 3.8) is 0 Å². The predicted molar refractivity (Wildman–Crippen MR) is 108 cm³/mol. The van der Waals surface area contributed by atoms with Crippen LogP contribution in [-0.4, -0.2) is 62.8 Å². The molecule has 1 amide bonds. The van der Waals surface area contributed by atoms with E-state index in [1.165, 1.54) is 18.2 Å². The molecule has 2 heterocycles. The van der Waals surface area contributed by atoms with E-state index < -0.39 is 5.97 Å². The van der Waals surface area contributed by atoms with Crippen molar-refractivity contribution >= 4 is 29.2 Å². The van der Waals surface area contributed by atoms with E-state index in [-0.39, 0.29) is 28.9 Å². The first kappa shape index (κ1) is 20.3. The lowest BCUT2D eigenvalue weighted by molar-refractivity contribution is -0.134. The summed E-state index contributed by atoms with van der Waals surface area (Å²) in [6.07, 6.45) is 0. The van der Waals surface area contributed by atoms with E-state index >= 15 is 0 Å². The molecule has 0 N–H and O–H groups in total. The van der Waals surface area contributed by atoms with Gasteiger partial charge >= 0.3 is 5.97 Å². The number of piperazine rings is 1. The number of hydrogen-bond acceptors (Lipinski definition) is 6. The molecule has 0 saturated carbocycles. The lowest BCUT2D eigenvalue weighted by atomic mass is 10.2. The minimum atomic E-state index is -0.674. The fraction of sp³-hybridized carbons (Fsp3) is 0.333. The highest BCUT2D eigenvalue weighted by molar-refractivity contribution is 6.32. The molecule has 158 valence electrons. The lowest BCUT2D eigenvalue weighted by Gasteiger charge is -2.36. The fourth-order valence-corrected chi connectivity index (χ4v) is 3.70. The Hall–Kier alpha value is -3.00. The van der Waals surface area contributed by atoms with Gasteiger partial charge in [-0.3, -0.25) is 4.79 Å². The van der Waals surface area contributed by atoms with E-state index in [9.17, 15) is 14.0 Å². The van der Waals surface area contributed by atoms with Crippen molar-refractivity contribution in [1.82, 2.24) is 4.90 Å². The second-order valence-electron chi connectivity index (χ2n) is 6.88. The van der Waals surface area contributed by atoms with Crippen LogP contribution in [0.4, 0.5) is 10.1 Å².